The monoisotopic (exact) mass is 570 g/mol. The van der Waals surface area contributed by atoms with Crippen molar-refractivity contribution in [1.29, 1.82) is 0 Å². The first-order chi connectivity index (χ1) is 20.2. The minimum absolute atomic E-state index is 0.436. The van der Waals surface area contributed by atoms with Gasteiger partial charge in [-0.1, -0.05) is 36.4 Å². The van der Waals surface area contributed by atoms with Crippen LogP contribution < -0.4 is 14.4 Å². The van der Waals surface area contributed by atoms with Gasteiger partial charge in [0.05, 0.1) is 52.7 Å². The van der Waals surface area contributed by atoms with Gasteiger partial charge in [0, 0.05) is 36.6 Å². The van der Waals surface area contributed by atoms with Crippen LogP contribution in [-0.4, -0.2) is 42.0 Å². The maximum atomic E-state index is 5.86. The predicted octanol–water partition coefficient (Wildman–Crippen LogP) is 6.29. The van der Waals surface area contributed by atoms with E-state index in [9.17, 15) is 0 Å². The van der Waals surface area contributed by atoms with Crippen molar-refractivity contribution >= 4 is 16.5 Å². The summed E-state index contributed by atoms with van der Waals surface area (Å²) in [6, 6.07) is 24.6. The van der Waals surface area contributed by atoms with Crippen molar-refractivity contribution < 1.29 is 18.9 Å². The van der Waals surface area contributed by atoms with E-state index in [0.29, 0.717) is 39.5 Å². The minimum atomic E-state index is 0.436. The molecule has 3 aromatic carbocycles. The number of anilines is 1. The molecule has 0 aliphatic heterocycles. The van der Waals surface area contributed by atoms with E-state index in [1.165, 1.54) is 5.56 Å². The summed E-state index contributed by atoms with van der Waals surface area (Å²) >= 11 is 1.62. The maximum absolute atomic E-state index is 5.86. The van der Waals surface area contributed by atoms with E-state index in [1.54, 1.807) is 38.1 Å². The first kappa shape index (κ1) is 28.4. The van der Waals surface area contributed by atoms with Gasteiger partial charge in [-0.05, 0) is 53.1 Å². The lowest BCUT2D eigenvalue weighted by Crippen LogP contribution is -2.22. The lowest BCUT2D eigenvalue weighted by molar-refractivity contribution is 0.0330. The van der Waals surface area contributed by atoms with Gasteiger partial charge in [0.15, 0.2) is 5.13 Å². The van der Waals surface area contributed by atoms with E-state index >= 15 is 0 Å². The lowest BCUT2D eigenvalue weighted by atomic mass is 10.1. The standard InChI is InChI=1S/C32H34N4O4S/c1-37-30-7-3-5-26(17-30)20-36(19-25-9-11-29(12-10-25)35-14-13-33-24-35)32-34-28(23-41-32)22-40-16-15-39-21-27-6-4-8-31(18-27)38-2/h3-14,17-18,23-24H,15-16,19-22H2,1-2H3. The highest BCUT2D eigenvalue weighted by atomic mass is 32.1. The summed E-state index contributed by atoms with van der Waals surface area (Å²) < 4.78 is 24.3. The average molecular weight is 571 g/mol. The Bertz CT molecular complexity index is 1490. The quantitative estimate of drug-likeness (QED) is 0.137. The Labute approximate surface area is 244 Å². The van der Waals surface area contributed by atoms with E-state index in [-0.39, 0.29) is 0 Å². The third-order valence-electron chi connectivity index (χ3n) is 6.45. The van der Waals surface area contributed by atoms with Gasteiger partial charge in [0.2, 0.25) is 0 Å². The summed E-state index contributed by atoms with van der Waals surface area (Å²) in [5.74, 6) is 1.67. The van der Waals surface area contributed by atoms with Crippen LogP contribution in [-0.2, 0) is 35.8 Å². The van der Waals surface area contributed by atoms with Crippen LogP contribution in [0.15, 0.2) is 96.9 Å². The summed E-state index contributed by atoms with van der Waals surface area (Å²) in [6.45, 7) is 3.37. The molecule has 0 radical (unpaired) electrons. The van der Waals surface area contributed by atoms with Crippen molar-refractivity contribution in [2.45, 2.75) is 26.3 Å². The molecule has 0 amide bonds. The molecule has 0 aliphatic rings. The Balaban J connectivity index is 1.18. The fourth-order valence-electron chi connectivity index (χ4n) is 4.34. The first-order valence-corrected chi connectivity index (χ1v) is 14.3. The Morgan fingerprint density at radius 1 is 0.780 bits per heavy atom. The van der Waals surface area contributed by atoms with Gasteiger partial charge in [-0.3, -0.25) is 0 Å². The zero-order chi connectivity index (χ0) is 28.3. The van der Waals surface area contributed by atoms with Gasteiger partial charge in [-0.2, -0.15) is 0 Å². The smallest absolute Gasteiger partial charge is 0.186 e. The van der Waals surface area contributed by atoms with Gasteiger partial charge in [-0.25, -0.2) is 9.97 Å². The molecule has 0 N–H and O–H groups in total. The van der Waals surface area contributed by atoms with Gasteiger partial charge >= 0.3 is 0 Å². The zero-order valence-corrected chi connectivity index (χ0v) is 24.1. The van der Waals surface area contributed by atoms with Crippen LogP contribution in [0.4, 0.5) is 5.13 Å². The Hall–Kier alpha value is -4.18. The fraction of sp³-hybridized carbons (Fsp3) is 0.250. The number of imidazole rings is 1. The van der Waals surface area contributed by atoms with Crippen LogP contribution in [0, 0.1) is 0 Å². The highest BCUT2D eigenvalue weighted by molar-refractivity contribution is 7.13. The number of hydrogen-bond acceptors (Lipinski definition) is 8. The number of methoxy groups -OCH3 is 2. The largest absolute Gasteiger partial charge is 0.497 e. The molecular weight excluding hydrogens is 536 g/mol. The van der Waals surface area contributed by atoms with E-state index in [1.807, 2.05) is 47.2 Å². The molecule has 5 rings (SSSR count). The van der Waals surface area contributed by atoms with Crippen LogP contribution in [0.1, 0.15) is 22.4 Å². The van der Waals surface area contributed by atoms with E-state index < -0.39 is 0 Å². The van der Waals surface area contributed by atoms with E-state index in [4.69, 9.17) is 23.9 Å². The van der Waals surface area contributed by atoms with Gasteiger partial charge in [0.25, 0.3) is 0 Å². The van der Waals surface area contributed by atoms with Crippen LogP contribution in [0.3, 0.4) is 0 Å². The summed E-state index contributed by atoms with van der Waals surface area (Å²) in [6.07, 6.45) is 5.52. The third kappa shape index (κ3) is 8.17. The zero-order valence-electron chi connectivity index (χ0n) is 23.3. The van der Waals surface area contributed by atoms with Gasteiger partial charge < -0.3 is 28.4 Å². The first-order valence-electron chi connectivity index (χ1n) is 13.4. The second kappa shape index (κ2) is 14.5. The molecule has 0 spiro atoms. The van der Waals surface area contributed by atoms with Crippen molar-refractivity contribution in [3.05, 3.63) is 119 Å². The highest BCUT2D eigenvalue weighted by Gasteiger charge is 2.14. The molecule has 5 aromatic rings. The normalized spacial score (nSPS) is 11.0. The Morgan fingerprint density at radius 3 is 2.17 bits per heavy atom. The third-order valence-corrected chi connectivity index (χ3v) is 7.41. The topological polar surface area (TPSA) is 70.9 Å². The van der Waals surface area contributed by atoms with Gasteiger partial charge in [0.1, 0.15) is 11.5 Å². The lowest BCUT2D eigenvalue weighted by Gasteiger charge is -2.22. The second-order valence-corrected chi connectivity index (χ2v) is 10.3. The summed E-state index contributed by atoms with van der Waals surface area (Å²) in [5.41, 5.74) is 5.40. The van der Waals surface area contributed by atoms with E-state index in [0.717, 1.165) is 39.1 Å². The Kier molecular flexibility index (Phi) is 9.99. The summed E-state index contributed by atoms with van der Waals surface area (Å²) in [7, 11) is 3.35. The molecule has 0 bridgehead atoms. The predicted molar refractivity (Wildman–Crippen MR) is 161 cm³/mol. The average Bonchev–Trinajstić information content (AvgIpc) is 3.72. The van der Waals surface area contributed by atoms with Crippen molar-refractivity contribution in [2.24, 2.45) is 0 Å². The van der Waals surface area contributed by atoms with Crippen LogP contribution in [0.25, 0.3) is 5.69 Å². The highest BCUT2D eigenvalue weighted by Crippen LogP contribution is 2.26. The number of ether oxygens (including phenoxy) is 4. The minimum Gasteiger partial charge on any atom is -0.497 e. The number of rotatable bonds is 15. The molecule has 2 heterocycles. The number of hydrogen-bond donors (Lipinski definition) is 0. The molecule has 212 valence electrons. The maximum Gasteiger partial charge on any atom is 0.186 e. The van der Waals surface area contributed by atoms with Crippen LogP contribution >= 0.6 is 11.3 Å². The number of nitrogens with zero attached hydrogens (tertiary/aromatic N) is 4. The van der Waals surface area contributed by atoms with Crippen molar-refractivity contribution in [3.8, 4) is 17.2 Å². The summed E-state index contributed by atoms with van der Waals surface area (Å²) in [5, 5.41) is 3.01. The SMILES string of the molecule is COc1cccc(COCCOCc2csc(N(Cc3ccc(-n4ccnc4)cc3)Cc3cccc(OC)c3)n2)c1. The molecular formula is C32H34N4O4S. The molecule has 0 fully saturated rings. The van der Waals surface area contributed by atoms with Crippen molar-refractivity contribution in [3.63, 3.8) is 0 Å². The molecule has 0 atom stereocenters. The molecule has 9 heteroatoms. The molecule has 0 unspecified atom stereocenters. The van der Waals surface area contributed by atoms with E-state index in [2.05, 4.69) is 51.7 Å². The molecule has 2 aromatic heterocycles. The molecule has 0 saturated carbocycles. The molecule has 0 aliphatic carbocycles. The van der Waals surface area contributed by atoms with Crippen LogP contribution in [0.5, 0.6) is 11.5 Å². The Morgan fingerprint density at radius 2 is 1.46 bits per heavy atom. The summed E-state index contributed by atoms with van der Waals surface area (Å²) in [4.78, 5) is 11.3. The number of benzene rings is 3. The van der Waals surface area contributed by atoms with Gasteiger partial charge in [-0.15, -0.1) is 11.3 Å². The second-order valence-electron chi connectivity index (χ2n) is 9.42. The fourth-order valence-corrected chi connectivity index (χ4v) is 5.15. The van der Waals surface area contributed by atoms with Crippen molar-refractivity contribution in [1.82, 2.24) is 14.5 Å². The molecule has 41 heavy (non-hydrogen) atoms. The van der Waals surface area contributed by atoms with Crippen molar-refractivity contribution in [2.75, 3.05) is 32.3 Å². The molecule has 0 saturated heterocycles. The molecule has 8 nitrogen and oxygen atoms in total. The number of aromatic nitrogens is 3. The van der Waals surface area contributed by atoms with Crippen LogP contribution in [0.2, 0.25) is 0 Å². The number of thiazole rings is 1.